The minimum absolute atomic E-state index is 0.0976. The lowest BCUT2D eigenvalue weighted by Crippen LogP contribution is -2.28. The third kappa shape index (κ3) is 41.7. The molecular formula is C44H84NO7P. The van der Waals surface area contributed by atoms with Gasteiger partial charge >= 0.3 is 13.8 Å². The number of unbranched alkanes of at least 4 members (excludes halogenated alkanes) is 23. The second-order valence-corrected chi connectivity index (χ2v) is 16.0. The number of hydrogen-bond donors (Lipinski definition) is 2. The minimum Gasteiger partial charge on any atom is -0.457 e. The van der Waals surface area contributed by atoms with E-state index in [9.17, 15) is 14.3 Å². The van der Waals surface area contributed by atoms with Gasteiger partial charge in [-0.05, 0) is 70.6 Å². The maximum absolute atomic E-state index is 12.5. The zero-order chi connectivity index (χ0) is 38.8. The quantitative estimate of drug-likeness (QED) is 0.0273. The largest absolute Gasteiger partial charge is 0.472 e. The number of ether oxygens (including phenoxy) is 2. The number of hydrogen-bond acceptors (Lipinski definition) is 7. The van der Waals surface area contributed by atoms with E-state index in [2.05, 4.69) is 50.3 Å². The van der Waals surface area contributed by atoms with Crippen LogP contribution in [0.5, 0.6) is 0 Å². The summed E-state index contributed by atoms with van der Waals surface area (Å²) in [6.07, 6.45) is 47.4. The predicted octanol–water partition coefficient (Wildman–Crippen LogP) is 13.0. The second kappa shape index (κ2) is 41.9. The van der Waals surface area contributed by atoms with Crippen LogP contribution in [0.3, 0.4) is 0 Å². The molecule has 0 aromatic heterocycles. The Morgan fingerprint density at radius 3 is 1.53 bits per heavy atom. The van der Waals surface area contributed by atoms with Crippen molar-refractivity contribution >= 4 is 13.8 Å². The molecule has 0 rings (SSSR count). The van der Waals surface area contributed by atoms with Crippen molar-refractivity contribution in [1.82, 2.24) is 0 Å². The van der Waals surface area contributed by atoms with Gasteiger partial charge in [0.05, 0.1) is 19.8 Å². The van der Waals surface area contributed by atoms with Crippen LogP contribution in [0.1, 0.15) is 200 Å². The monoisotopic (exact) mass is 770 g/mol. The van der Waals surface area contributed by atoms with E-state index in [4.69, 9.17) is 24.3 Å². The van der Waals surface area contributed by atoms with E-state index in [-0.39, 0.29) is 32.3 Å². The molecule has 0 radical (unpaired) electrons. The summed E-state index contributed by atoms with van der Waals surface area (Å²) in [6.45, 7) is 4.88. The lowest BCUT2D eigenvalue weighted by atomic mass is 10.1. The van der Waals surface area contributed by atoms with E-state index >= 15 is 0 Å². The van der Waals surface area contributed by atoms with Crippen LogP contribution in [0.25, 0.3) is 0 Å². The maximum atomic E-state index is 12.5. The van der Waals surface area contributed by atoms with Gasteiger partial charge in [0.25, 0.3) is 0 Å². The highest BCUT2D eigenvalue weighted by Crippen LogP contribution is 2.43. The first-order valence-electron chi connectivity index (χ1n) is 22.0. The van der Waals surface area contributed by atoms with Crippen LogP contribution < -0.4 is 5.73 Å². The lowest BCUT2D eigenvalue weighted by molar-refractivity contribution is -0.154. The molecule has 0 heterocycles. The molecule has 0 aromatic carbocycles. The van der Waals surface area contributed by atoms with Crippen LogP contribution in [0.15, 0.2) is 36.5 Å². The fraction of sp³-hybridized carbons (Fsp3) is 0.841. The molecule has 0 aliphatic carbocycles. The van der Waals surface area contributed by atoms with Crippen LogP contribution in [-0.2, 0) is 27.9 Å². The lowest BCUT2D eigenvalue weighted by Gasteiger charge is -2.20. The van der Waals surface area contributed by atoms with Gasteiger partial charge in [-0.25, -0.2) is 4.57 Å². The molecule has 2 atom stereocenters. The van der Waals surface area contributed by atoms with Gasteiger partial charge < -0.3 is 20.1 Å². The molecule has 0 aliphatic rings. The second-order valence-electron chi connectivity index (χ2n) is 14.6. The van der Waals surface area contributed by atoms with Gasteiger partial charge in [0.1, 0.15) is 6.10 Å². The molecule has 2 unspecified atom stereocenters. The molecular weight excluding hydrogens is 685 g/mol. The van der Waals surface area contributed by atoms with E-state index in [1.54, 1.807) is 0 Å². The summed E-state index contributed by atoms with van der Waals surface area (Å²) in [5, 5.41) is 0. The number of carbonyl (C=O) groups is 1. The molecule has 9 heteroatoms. The first kappa shape index (κ1) is 51.7. The van der Waals surface area contributed by atoms with Crippen molar-refractivity contribution in [3.63, 3.8) is 0 Å². The summed E-state index contributed by atoms with van der Waals surface area (Å²) in [5.41, 5.74) is 5.36. The SMILES string of the molecule is CCCCC/C=C\CCCCCCCC(=O)OC(COCCCCCCCCCCCC/C=C\C/C=C\CCCCCCC)COP(=O)(O)OCCN. The zero-order valence-corrected chi connectivity index (χ0v) is 35.4. The Labute approximate surface area is 327 Å². The molecule has 0 aromatic rings. The van der Waals surface area contributed by atoms with Gasteiger partial charge in [-0.2, -0.15) is 0 Å². The molecule has 0 bridgehead atoms. The fourth-order valence-corrected chi connectivity index (χ4v) is 6.79. The topological polar surface area (TPSA) is 117 Å². The Hall–Kier alpha value is -1.28. The first-order chi connectivity index (χ1) is 25.9. The normalized spacial score (nSPS) is 13.8. The number of allylic oxidation sites excluding steroid dienone is 6. The molecule has 53 heavy (non-hydrogen) atoms. The fourth-order valence-electron chi connectivity index (χ4n) is 6.02. The highest BCUT2D eigenvalue weighted by atomic mass is 31.2. The van der Waals surface area contributed by atoms with Crippen molar-refractivity contribution in [2.45, 2.75) is 206 Å². The average molecular weight is 770 g/mol. The Kier molecular flexibility index (Phi) is 40.9. The van der Waals surface area contributed by atoms with Crippen LogP contribution in [0.2, 0.25) is 0 Å². The zero-order valence-electron chi connectivity index (χ0n) is 34.5. The molecule has 0 fully saturated rings. The third-order valence-electron chi connectivity index (χ3n) is 9.28. The van der Waals surface area contributed by atoms with Crippen molar-refractivity contribution in [2.75, 3.05) is 33.0 Å². The Balaban J connectivity index is 3.97. The Morgan fingerprint density at radius 1 is 0.566 bits per heavy atom. The number of phosphoric ester groups is 1. The van der Waals surface area contributed by atoms with E-state index in [1.165, 1.54) is 128 Å². The van der Waals surface area contributed by atoms with Crippen LogP contribution in [-0.4, -0.2) is 49.9 Å². The predicted molar refractivity (Wildman–Crippen MR) is 224 cm³/mol. The number of nitrogens with two attached hydrogens (primary N) is 1. The van der Waals surface area contributed by atoms with E-state index < -0.39 is 13.9 Å². The van der Waals surface area contributed by atoms with Gasteiger partial charge in [0.15, 0.2) is 0 Å². The molecule has 0 spiro atoms. The van der Waals surface area contributed by atoms with Crippen molar-refractivity contribution < 1.29 is 32.8 Å². The molecule has 0 amide bonds. The highest BCUT2D eigenvalue weighted by molar-refractivity contribution is 7.47. The maximum Gasteiger partial charge on any atom is 0.472 e. The molecule has 0 saturated carbocycles. The molecule has 0 aliphatic heterocycles. The van der Waals surface area contributed by atoms with Crippen LogP contribution >= 0.6 is 7.82 Å². The van der Waals surface area contributed by atoms with Crippen molar-refractivity contribution in [1.29, 1.82) is 0 Å². The Bertz CT molecular complexity index is 910. The first-order valence-corrected chi connectivity index (χ1v) is 23.5. The summed E-state index contributed by atoms with van der Waals surface area (Å²) in [6, 6.07) is 0. The van der Waals surface area contributed by atoms with Gasteiger partial charge in [-0.3, -0.25) is 13.8 Å². The summed E-state index contributed by atoms with van der Waals surface area (Å²) in [4.78, 5) is 22.4. The molecule has 3 N–H and O–H groups in total. The molecule has 8 nitrogen and oxygen atoms in total. The summed E-state index contributed by atoms with van der Waals surface area (Å²) >= 11 is 0. The van der Waals surface area contributed by atoms with Crippen molar-refractivity contribution in [3.8, 4) is 0 Å². The van der Waals surface area contributed by atoms with Crippen LogP contribution in [0, 0.1) is 0 Å². The van der Waals surface area contributed by atoms with E-state index in [0.29, 0.717) is 13.0 Å². The number of carbonyl (C=O) groups excluding carboxylic acids is 1. The van der Waals surface area contributed by atoms with Gasteiger partial charge in [-0.15, -0.1) is 0 Å². The number of phosphoric acid groups is 1. The van der Waals surface area contributed by atoms with Gasteiger partial charge in [0.2, 0.25) is 0 Å². The average Bonchev–Trinajstić information content (AvgIpc) is 3.15. The third-order valence-corrected chi connectivity index (χ3v) is 10.3. The summed E-state index contributed by atoms with van der Waals surface area (Å²) in [7, 11) is -4.28. The molecule has 312 valence electrons. The number of esters is 1. The van der Waals surface area contributed by atoms with Gasteiger partial charge in [0, 0.05) is 19.6 Å². The standard InChI is InChI=1S/C44H84NO7P/c1-3-5-7-9-11-13-15-17-18-19-20-21-22-23-24-25-26-28-30-32-34-36-39-49-41-43(42-51-53(47,48)50-40-38-45)52-44(46)37-35-33-31-29-27-16-14-12-10-8-6-4-2/h12,14-15,17,19-20,43H,3-11,13,16,18,21-42,45H2,1-2H3,(H,47,48)/b14-12-,17-15-,20-19-. The number of rotatable bonds is 42. The smallest absolute Gasteiger partial charge is 0.457 e. The Morgan fingerprint density at radius 2 is 1.00 bits per heavy atom. The van der Waals surface area contributed by atoms with E-state index in [1.807, 2.05) is 0 Å². The van der Waals surface area contributed by atoms with Crippen molar-refractivity contribution in [2.24, 2.45) is 5.73 Å². The van der Waals surface area contributed by atoms with Crippen molar-refractivity contribution in [3.05, 3.63) is 36.5 Å². The van der Waals surface area contributed by atoms with E-state index in [0.717, 1.165) is 51.4 Å². The van der Waals surface area contributed by atoms with Gasteiger partial charge in [-0.1, -0.05) is 159 Å². The summed E-state index contributed by atoms with van der Waals surface area (Å²) in [5.74, 6) is -0.341. The molecule has 0 saturated heterocycles. The summed E-state index contributed by atoms with van der Waals surface area (Å²) < 4.78 is 33.4. The minimum atomic E-state index is -4.28. The van der Waals surface area contributed by atoms with Crippen LogP contribution in [0.4, 0.5) is 0 Å². The highest BCUT2D eigenvalue weighted by Gasteiger charge is 2.25.